The summed E-state index contributed by atoms with van der Waals surface area (Å²) < 4.78 is 5.36. The average molecular weight is 213 g/mol. The van der Waals surface area contributed by atoms with Crippen molar-refractivity contribution in [2.75, 3.05) is 13.7 Å². The number of rotatable bonds is 8. The summed E-state index contributed by atoms with van der Waals surface area (Å²) in [4.78, 5) is 0. The van der Waals surface area contributed by atoms with Gasteiger partial charge in [-0.3, -0.25) is 0 Å². The van der Waals surface area contributed by atoms with Gasteiger partial charge < -0.3 is 10.1 Å². The van der Waals surface area contributed by atoms with Gasteiger partial charge in [0, 0.05) is 13.2 Å². The molecule has 15 heavy (non-hydrogen) atoms. The van der Waals surface area contributed by atoms with Crippen LogP contribution in [0, 0.1) is 0 Å². The fourth-order valence-corrected chi connectivity index (χ4v) is 2.37. The third-order valence-corrected chi connectivity index (χ3v) is 3.43. The van der Waals surface area contributed by atoms with Crippen molar-refractivity contribution in [3.63, 3.8) is 0 Å². The Labute approximate surface area is 94.8 Å². The first kappa shape index (κ1) is 13.0. The van der Waals surface area contributed by atoms with Crippen LogP contribution in [-0.4, -0.2) is 25.8 Å². The van der Waals surface area contributed by atoms with Gasteiger partial charge in [0.15, 0.2) is 0 Å². The maximum absolute atomic E-state index is 5.36. The number of hydrogen-bond acceptors (Lipinski definition) is 2. The minimum absolute atomic E-state index is 0.516. The van der Waals surface area contributed by atoms with Gasteiger partial charge in [0.2, 0.25) is 0 Å². The average Bonchev–Trinajstić information content (AvgIpc) is 2.71. The molecule has 0 spiro atoms. The van der Waals surface area contributed by atoms with Crippen molar-refractivity contribution in [2.24, 2.45) is 0 Å². The largest absolute Gasteiger partial charge is 0.381 e. The molecule has 0 amide bonds. The highest BCUT2D eigenvalue weighted by Gasteiger charge is 2.23. The van der Waals surface area contributed by atoms with Crippen LogP contribution in [0.3, 0.4) is 0 Å². The van der Waals surface area contributed by atoms with Crippen LogP contribution in [0.4, 0.5) is 0 Å². The smallest absolute Gasteiger partial charge is 0.0586 e. The quantitative estimate of drug-likeness (QED) is 0.626. The highest BCUT2D eigenvalue weighted by molar-refractivity contribution is 4.80. The first-order valence-corrected chi connectivity index (χ1v) is 6.63. The molecule has 0 saturated heterocycles. The Morgan fingerprint density at radius 1 is 1.13 bits per heavy atom. The van der Waals surface area contributed by atoms with Gasteiger partial charge in [0.05, 0.1) is 6.10 Å². The third-order valence-electron chi connectivity index (χ3n) is 3.43. The molecule has 2 heteroatoms. The lowest BCUT2D eigenvalue weighted by Crippen LogP contribution is -2.28. The molecule has 0 aromatic rings. The fraction of sp³-hybridized carbons (Fsp3) is 1.00. The molecular weight excluding hydrogens is 186 g/mol. The van der Waals surface area contributed by atoms with Gasteiger partial charge in [-0.1, -0.05) is 32.6 Å². The molecule has 0 radical (unpaired) electrons. The molecule has 0 aromatic carbocycles. The topological polar surface area (TPSA) is 21.3 Å². The first-order valence-electron chi connectivity index (χ1n) is 6.63. The first-order chi connectivity index (χ1) is 7.36. The van der Waals surface area contributed by atoms with E-state index in [1.54, 1.807) is 0 Å². The van der Waals surface area contributed by atoms with E-state index >= 15 is 0 Å². The van der Waals surface area contributed by atoms with E-state index in [4.69, 9.17) is 4.74 Å². The minimum atomic E-state index is 0.516. The Balaban J connectivity index is 1.88. The predicted molar refractivity (Wildman–Crippen MR) is 65.2 cm³/mol. The van der Waals surface area contributed by atoms with Crippen LogP contribution < -0.4 is 5.32 Å². The molecule has 1 aliphatic rings. The molecule has 0 aliphatic heterocycles. The Morgan fingerprint density at radius 2 is 1.93 bits per heavy atom. The SMILES string of the molecule is CCCCCCCNC1CCC(OC)C1. The molecule has 2 atom stereocenters. The van der Waals surface area contributed by atoms with Crippen molar-refractivity contribution >= 4 is 0 Å². The van der Waals surface area contributed by atoms with E-state index < -0.39 is 0 Å². The van der Waals surface area contributed by atoms with Crippen LogP contribution in [0.1, 0.15) is 58.3 Å². The molecule has 0 heterocycles. The fourth-order valence-electron chi connectivity index (χ4n) is 2.37. The molecule has 1 aliphatic carbocycles. The summed E-state index contributed by atoms with van der Waals surface area (Å²) in [6.07, 6.45) is 11.1. The van der Waals surface area contributed by atoms with Crippen LogP contribution in [0.25, 0.3) is 0 Å². The number of methoxy groups -OCH3 is 1. The predicted octanol–water partition coefficient (Wildman–Crippen LogP) is 3.11. The van der Waals surface area contributed by atoms with Crippen molar-refractivity contribution in [3.05, 3.63) is 0 Å². The van der Waals surface area contributed by atoms with E-state index in [0.29, 0.717) is 6.10 Å². The Hall–Kier alpha value is -0.0800. The van der Waals surface area contributed by atoms with E-state index in [9.17, 15) is 0 Å². The van der Waals surface area contributed by atoms with Gasteiger partial charge in [-0.2, -0.15) is 0 Å². The van der Waals surface area contributed by atoms with Crippen LogP contribution in [0.15, 0.2) is 0 Å². The van der Waals surface area contributed by atoms with Gasteiger partial charge in [-0.05, 0) is 32.2 Å². The van der Waals surface area contributed by atoms with Crippen LogP contribution in [0.2, 0.25) is 0 Å². The summed E-state index contributed by atoms with van der Waals surface area (Å²) in [7, 11) is 1.83. The zero-order valence-electron chi connectivity index (χ0n) is 10.4. The van der Waals surface area contributed by atoms with Crippen LogP contribution >= 0.6 is 0 Å². The van der Waals surface area contributed by atoms with E-state index in [-0.39, 0.29) is 0 Å². The van der Waals surface area contributed by atoms with Crippen LogP contribution in [0.5, 0.6) is 0 Å². The summed E-state index contributed by atoms with van der Waals surface area (Å²) >= 11 is 0. The molecule has 0 bridgehead atoms. The lowest BCUT2D eigenvalue weighted by molar-refractivity contribution is 0.107. The maximum Gasteiger partial charge on any atom is 0.0586 e. The summed E-state index contributed by atoms with van der Waals surface area (Å²) in [5.41, 5.74) is 0. The van der Waals surface area contributed by atoms with E-state index in [1.807, 2.05) is 7.11 Å². The standard InChI is InChI=1S/C13H27NO/c1-3-4-5-6-7-10-14-12-8-9-13(11-12)15-2/h12-14H,3-11H2,1-2H3. The Bertz CT molecular complexity index is 149. The van der Waals surface area contributed by atoms with Gasteiger partial charge in [0.1, 0.15) is 0 Å². The highest BCUT2D eigenvalue weighted by Crippen LogP contribution is 2.21. The second-order valence-electron chi connectivity index (χ2n) is 4.74. The van der Waals surface area contributed by atoms with Gasteiger partial charge in [-0.25, -0.2) is 0 Å². The summed E-state index contributed by atoms with van der Waals surface area (Å²) in [6, 6.07) is 0.723. The van der Waals surface area contributed by atoms with Crippen molar-refractivity contribution in [1.29, 1.82) is 0 Å². The molecule has 1 saturated carbocycles. The van der Waals surface area contributed by atoms with Crippen molar-refractivity contribution in [1.82, 2.24) is 5.32 Å². The van der Waals surface area contributed by atoms with Crippen molar-refractivity contribution in [3.8, 4) is 0 Å². The van der Waals surface area contributed by atoms with Gasteiger partial charge >= 0.3 is 0 Å². The van der Waals surface area contributed by atoms with E-state index in [2.05, 4.69) is 12.2 Å². The molecule has 2 nitrogen and oxygen atoms in total. The Morgan fingerprint density at radius 3 is 2.60 bits per heavy atom. The monoisotopic (exact) mass is 213 g/mol. The zero-order valence-corrected chi connectivity index (χ0v) is 10.4. The van der Waals surface area contributed by atoms with Crippen LogP contribution in [-0.2, 0) is 4.74 Å². The lowest BCUT2D eigenvalue weighted by atomic mass is 10.1. The molecule has 1 rings (SSSR count). The van der Waals surface area contributed by atoms with E-state index in [1.165, 1.54) is 57.9 Å². The number of nitrogens with one attached hydrogen (secondary N) is 1. The molecule has 0 aromatic heterocycles. The molecule has 2 unspecified atom stereocenters. The van der Waals surface area contributed by atoms with Crippen molar-refractivity contribution in [2.45, 2.75) is 70.4 Å². The third kappa shape index (κ3) is 5.53. The van der Waals surface area contributed by atoms with Gasteiger partial charge in [0.25, 0.3) is 0 Å². The van der Waals surface area contributed by atoms with E-state index in [0.717, 1.165) is 6.04 Å². The maximum atomic E-state index is 5.36. The number of ether oxygens (including phenoxy) is 1. The van der Waals surface area contributed by atoms with Gasteiger partial charge in [-0.15, -0.1) is 0 Å². The molecule has 1 N–H and O–H groups in total. The molecule has 90 valence electrons. The lowest BCUT2D eigenvalue weighted by Gasteiger charge is -2.12. The zero-order chi connectivity index (χ0) is 10.9. The Kier molecular flexibility index (Phi) is 7.03. The number of unbranched alkanes of at least 4 members (excludes halogenated alkanes) is 4. The molecular formula is C13H27NO. The summed E-state index contributed by atoms with van der Waals surface area (Å²) in [6.45, 7) is 3.46. The minimum Gasteiger partial charge on any atom is -0.381 e. The summed E-state index contributed by atoms with van der Waals surface area (Å²) in [5.74, 6) is 0. The molecule has 1 fully saturated rings. The normalized spacial score (nSPS) is 26.0. The second-order valence-corrected chi connectivity index (χ2v) is 4.74. The summed E-state index contributed by atoms with van der Waals surface area (Å²) in [5, 5.41) is 3.64. The highest BCUT2D eigenvalue weighted by atomic mass is 16.5. The number of hydrogen-bond donors (Lipinski definition) is 1. The second kappa shape index (κ2) is 8.12. The van der Waals surface area contributed by atoms with Crippen molar-refractivity contribution < 1.29 is 4.74 Å².